The normalized spacial score (nSPS) is 30.8. The number of methoxy groups -OCH3 is 1. The first-order chi connectivity index (χ1) is 9.08. The summed E-state index contributed by atoms with van der Waals surface area (Å²) < 4.78 is 5.23. The van der Waals surface area contributed by atoms with Gasteiger partial charge in [0.25, 0.3) is 0 Å². The zero-order chi connectivity index (χ0) is 13.6. The lowest BCUT2D eigenvalue weighted by atomic mass is 9.63. The van der Waals surface area contributed by atoms with E-state index in [1.54, 1.807) is 7.11 Å². The van der Waals surface area contributed by atoms with Gasteiger partial charge in [-0.05, 0) is 37.5 Å². The van der Waals surface area contributed by atoms with Crippen molar-refractivity contribution < 1.29 is 4.74 Å². The fourth-order valence-electron chi connectivity index (χ4n) is 3.62. The maximum absolute atomic E-state index is 6.76. The lowest BCUT2D eigenvalue weighted by Gasteiger charge is -2.45. The quantitative estimate of drug-likeness (QED) is 0.786. The standard InChI is InChI=1S/C16H20N2O/c1-4-12-11-7-10(2)9-16(12,17)13-5-6-15(19-3)18-14(13)8-11/h4-7,11H,8-9,17H2,1-3H3/t11?,16-/m0/s1. The van der Waals surface area contributed by atoms with Gasteiger partial charge in [0.15, 0.2) is 0 Å². The van der Waals surface area contributed by atoms with Crippen molar-refractivity contribution >= 4 is 0 Å². The molecule has 3 rings (SSSR count). The van der Waals surface area contributed by atoms with Crippen LogP contribution in [0.4, 0.5) is 0 Å². The van der Waals surface area contributed by atoms with Crippen LogP contribution in [0, 0.1) is 5.92 Å². The summed E-state index contributed by atoms with van der Waals surface area (Å²) in [6, 6.07) is 3.99. The molecule has 0 spiro atoms. The fourth-order valence-corrected chi connectivity index (χ4v) is 3.62. The number of pyridine rings is 1. The van der Waals surface area contributed by atoms with Crippen molar-refractivity contribution in [2.75, 3.05) is 7.11 Å². The molecular weight excluding hydrogens is 236 g/mol. The number of hydrogen-bond acceptors (Lipinski definition) is 3. The Morgan fingerprint density at radius 2 is 2.26 bits per heavy atom. The highest BCUT2D eigenvalue weighted by molar-refractivity contribution is 5.49. The topological polar surface area (TPSA) is 48.1 Å². The molecule has 2 aliphatic rings. The summed E-state index contributed by atoms with van der Waals surface area (Å²) >= 11 is 0. The van der Waals surface area contributed by atoms with Gasteiger partial charge in [-0.25, -0.2) is 4.98 Å². The average Bonchev–Trinajstić information content (AvgIpc) is 2.37. The molecule has 0 radical (unpaired) electrons. The van der Waals surface area contributed by atoms with E-state index in [9.17, 15) is 0 Å². The predicted octanol–water partition coefficient (Wildman–Crippen LogP) is 2.71. The number of hydrogen-bond donors (Lipinski definition) is 1. The van der Waals surface area contributed by atoms with E-state index in [1.807, 2.05) is 6.07 Å². The molecule has 100 valence electrons. The molecule has 0 aromatic carbocycles. The molecule has 1 aromatic rings. The van der Waals surface area contributed by atoms with Gasteiger partial charge in [-0.1, -0.05) is 17.7 Å². The molecule has 2 atom stereocenters. The minimum absolute atomic E-state index is 0.384. The summed E-state index contributed by atoms with van der Waals surface area (Å²) in [7, 11) is 1.65. The molecule has 2 bridgehead atoms. The molecule has 0 saturated heterocycles. The van der Waals surface area contributed by atoms with Crippen molar-refractivity contribution in [1.29, 1.82) is 0 Å². The van der Waals surface area contributed by atoms with Crippen LogP contribution in [0.15, 0.2) is 35.4 Å². The molecule has 0 amide bonds. The Morgan fingerprint density at radius 1 is 1.47 bits per heavy atom. The lowest BCUT2D eigenvalue weighted by molar-refractivity contribution is 0.380. The van der Waals surface area contributed by atoms with Gasteiger partial charge >= 0.3 is 0 Å². The monoisotopic (exact) mass is 256 g/mol. The van der Waals surface area contributed by atoms with Crippen molar-refractivity contribution in [2.45, 2.75) is 32.2 Å². The Hall–Kier alpha value is -1.61. The molecule has 1 unspecified atom stereocenters. The number of allylic oxidation sites excluding steroid dienone is 2. The van der Waals surface area contributed by atoms with Crippen LogP contribution in [0.25, 0.3) is 0 Å². The number of nitrogens with two attached hydrogens (primary N) is 1. The number of rotatable bonds is 1. The smallest absolute Gasteiger partial charge is 0.213 e. The SMILES string of the molecule is CC=C1C2C=C(C)C[C@@]1(N)c1ccc(OC)nc1C2. The zero-order valence-corrected chi connectivity index (χ0v) is 11.7. The van der Waals surface area contributed by atoms with Crippen LogP contribution in [-0.2, 0) is 12.0 Å². The summed E-state index contributed by atoms with van der Waals surface area (Å²) in [4.78, 5) is 4.59. The lowest BCUT2D eigenvalue weighted by Crippen LogP contribution is -2.47. The van der Waals surface area contributed by atoms with Gasteiger partial charge < -0.3 is 10.5 Å². The third-order valence-corrected chi connectivity index (χ3v) is 4.32. The fraction of sp³-hybridized carbons (Fsp3) is 0.438. The summed E-state index contributed by atoms with van der Waals surface area (Å²) in [5.74, 6) is 1.06. The van der Waals surface area contributed by atoms with Gasteiger partial charge in [-0.3, -0.25) is 0 Å². The Kier molecular flexibility index (Phi) is 2.75. The number of nitrogens with zero attached hydrogens (tertiary/aromatic N) is 1. The van der Waals surface area contributed by atoms with Gasteiger partial charge in [-0.15, -0.1) is 0 Å². The third-order valence-electron chi connectivity index (χ3n) is 4.32. The summed E-state index contributed by atoms with van der Waals surface area (Å²) in [6.45, 7) is 4.25. The molecule has 2 N–H and O–H groups in total. The number of aromatic nitrogens is 1. The molecule has 1 aromatic heterocycles. The Bertz CT molecular complexity index is 588. The minimum Gasteiger partial charge on any atom is -0.481 e. The van der Waals surface area contributed by atoms with E-state index in [-0.39, 0.29) is 5.54 Å². The maximum atomic E-state index is 6.76. The van der Waals surface area contributed by atoms with Crippen molar-refractivity contribution in [3.8, 4) is 5.88 Å². The van der Waals surface area contributed by atoms with Crippen LogP contribution in [0.3, 0.4) is 0 Å². The largest absolute Gasteiger partial charge is 0.481 e. The first-order valence-corrected chi connectivity index (χ1v) is 6.75. The van der Waals surface area contributed by atoms with Crippen LogP contribution in [0.1, 0.15) is 31.5 Å². The average molecular weight is 256 g/mol. The molecule has 0 aliphatic heterocycles. The Balaban J connectivity index is 2.20. The van der Waals surface area contributed by atoms with Crippen molar-refractivity contribution in [3.05, 3.63) is 46.7 Å². The zero-order valence-electron chi connectivity index (χ0n) is 11.7. The van der Waals surface area contributed by atoms with E-state index < -0.39 is 0 Å². The molecule has 3 nitrogen and oxygen atoms in total. The van der Waals surface area contributed by atoms with E-state index >= 15 is 0 Å². The first kappa shape index (κ1) is 12.4. The van der Waals surface area contributed by atoms with E-state index in [2.05, 4.69) is 37.0 Å². The maximum Gasteiger partial charge on any atom is 0.213 e. The second kappa shape index (κ2) is 4.20. The first-order valence-electron chi connectivity index (χ1n) is 6.75. The van der Waals surface area contributed by atoms with Gasteiger partial charge in [0.2, 0.25) is 5.88 Å². The molecule has 2 aliphatic carbocycles. The van der Waals surface area contributed by atoms with Crippen LogP contribution in [-0.4, -0.2) is 12.1 Å². The highest BCUT2D eigenvalue weighted by Gasteiger charge is 2.44. The molecule has 19 heavy (non-hydrogen) atoms. The number of ether oxygens (including phenoxy) is 1. The van der Waals surface area contributed by atoms with Gasteiger partial charge in [0.05, 0.1) is 18.3 Å². The van der Waals surface area contributed by atoms with Crippen LogP contribution in [0.5, 0.6) is 5.88 Å². The van der Waals surface area contributed by atoms with E-state index in [0.717, 1.165) is 24.1 Å². The van der Waals surface area contributed by atoms with E-state index in [0.29, 0.717) is 11.8 Å². The molecule has 3 heteroatoms. The summed E-state index contributed by atoms with van der Waals surface area (Å²) in [6.07, 6.45) is 6.32. The third kappa shape index (κ3) is 1.72. The second-order valence-electron chi connectivity index (χ2n) is 5.56. The van der Waals surface area contributed by atoms with Crippen molar-refractivity contribution in [1.82, 2.24) is 4.98 Å². The highest BCUT2D eigenvalue weighted by atomic mass is 16.5. The van der Waals surface area contributed by atoms with Gasteiger partial charge in [0.1, 0.15) is 0 Å². The molecular formula is C16H20N2O. The van der Waals surface area contributed by atoms with Crippen LogP contribution >= 0.6 is 0 Å². The predicted molar refractivity (Wildman–Crippen MR) is 76.0 cm³/mol. The molecule has 1 heterocycles. The Morgan fingerprint density at radius 3 is 2.95 bits per heavy atom. The minimum atomic E-state index is -0.384. The van der Waals surface area contributed by atoms with Gasteiger partial charge in [0, 0.05) is 18.4 Å². The highest BCUT2D eigenvalue weighted by Crippen LogP contribution is 2.48. The van der Waals surface area contributed by atoms with Gasteiger partial charge in [-0.2, -0.15) is 0 Å². The number of fused-ring (bicyclic) bond motifs is 4. The van der Waals surface area contributed by atoms with E-state index in [4.69, 9.17) is 10.5 Å². The molecule has 0 saturated carbocycles. The summed E-state index contributed by atoms with van der Waals surface area (Å²) in [5, 5.41) is 0. The van der Waals surface area contributed by atoms with Crippen molar-refractivity contribution in [3.63, 3.8) is 0 Å². The van der Waals surface area contributed by atoms with Crippen LogP contribution < -0.4 is 10.5 Å². The second-order valence-corrected chi connectivity index (χ2v) is 5.56. The summed E-state index contributed by atoms with van der Waals surface area (Å²) in [5.41, 5.74) is 11.3. The van der Waals surface area contributed by atoms with E-state index in [1.165, 1.54) is 11.1 Å². The Labute approximate surface area is 114 Å². The van der Waals surface area contributed by atoms with Crippen LogP contribution in [0.2, 0.25) is 0 Å². The molecule has 0 fully saturated rings. The van der Waals surface area contributed by atoms with Crippen molar-refractivity contribution in [2.24, 2.45) is 11.7 Å².